The molecule has 2 heterocycles. The van der Waals surface area contributed by atoms with Gasteiger partial charge in [0.05, 0.1) is 0 Å². The molecule has 5 aromatic rings. The van der Waals surface area contributed by atoms with Crippen LogP contribution in [-0.2, 0) is 9.88 Å². The molecule has 4 atom stereocenters. The highest BCUT2D eigenvalue weighted by atomic mass is 17.1. The van der Waals surface area contributed by atoms with Crippen molar-refractivity contribution in [3.8, 4) is 0 Å². The van der Waals surface area contributed by atoms with Crippen LogP contribution in [0.5, 0.6) is 0 Å². The van der Waals surface area contributed by atoms with Gasteiger partial charge in [0.25, 0.3) is 0 Å². The van der Waals surface area contributed by atoms with E-state index in [2.05, 4.69) is 0 Å². The van der Waals surface area contributed by atoms with Crippen molar-refractivity contribution in [2.24, 2.45) is 0 Å². The van der Waals surface area contributed by atoms with Gasteiger partial charge in [-0.3, -0.25) is 0 Å². The molecule has 2 aliphatic heterocycles. The van der Waals surface area contributed by atoms with Crippen molar-refractivity contribution in [3.63, 3.8) is 0 Å². The third-order valence-electron chi connectivity index (χ3n) is 6.15. The third kappa shape index (κ3) is 1.82. The van der Waals surface area contributed by atoms with Gasteiger partial charge < -0.3 is 20.8 Å². The number of nitrogens with one attached hydrogen (secondary N) is 4. The van der Waals surface area contributed by atoms with Crippen molar-refractivity contribution < 1.29 is 30.8 Å². The highest BCUT2D eigenvalue weighted by molar-refractivity contribution is 6.36. The van der Waals surface area contributed by atoms with Gasteiger partial charge in [0.1, 0.15) is 10.8 Å². The molecule has 0 radical (unpaired) electrons. The number of hydrogen-bond acceptors (Lipinski definition) is 6. The Hall–Kier alpha value is -3.00. The Morgan fingerprint density at radius 2 is 0.667 bits per heavy atom. The van der Waals surface area contributed by atoms with Crippen LogP contribution < -0.4 is 20.9 Å². The Balaban J connectivity index is 1.77. The Morgan fingerprint density at radius 3 is 0.933 bits per heavy atom. The van der Waals surface area contributed by atoms with Crippen LogP contribution in [0.4, 0.5) is 22.7 Å². The lowest BCUT2D eigenvalue weighted by atomic mass is 9.87. The Kier molecular flexibility index (Phi) is 3.00. The zero-order valence-electron chi connectivity index (χ0n) is 15.1. The van der Waals surface area contributed by atoms with E-state index in [0.29, 0.717) is 33.5 Å². The van der Waals surface area contributed by atoms with Crippen LogP contribution >= 0.6 is 0 Å². The summed E-state index contributed by atoms with van der Waals surface area (Å²) in [5.74, 6) is 0. The summed E-state index contributed by atoms with van der Waals surface area (Å²) in [4.78, 5) is 9.74. The van der Waals surface area contributed by atoms with Gasteiger partial charge in [-0.1, -0.05) is 0 Å². The monoisotopic (exact) mass is 404 g/mol. The molecule has 0 aromatic heterocycles. The van der Waals surface area contributed by atoms with Crippen molar-refractivity contribution in [3.05, 3.63) is 69.4 Å². The average molecular weight is 404 g/mol. The predicted octanol–water partition coefficient (Wildman–Crippen LogP) is -0.486. The van der Waals surface area contributed by atoms with Crippen molar-refractivity contribution in [2.45, 2.75) is 0 Å². The first kappa shape index (κ1) is 16.8. The van der Waals surface area contributed by atoms with Crippen molar-refractivity contribution in [2.75, 3.05) is 0 Å². The molecular weight excluding hydrogens is 392 g/mol. The van der Waals surface area contributed by atoms with E-state index in [-0.39, 0.29) is 0 Å². The summed E-state index contributed by atoms with van der Waals surface area (Å²) in [7, 11) is 0. The molecule has 5 aromatic carbocycles. The van der Waals surface area contributed by atoms with Gasteiger partial charge in [-0.2, -0.15) is 0 Å². The summed E-state index contributed by atoms with van der Waals surface area (Å²) in [6.07, 6.45) is 0. The standard InChI is InChI=1S/C20H12N4O6/c25-21-13-5-1-9-10-2-6-15-20-16(24(28)30-23(15)27)8-4-12(18(10)20)11-3-7-14(22(26)29-21)19(13)17(9)11/h1-8,21-24H. The quantitative estimate of drug-likeness (QED) is 0.157. The van der Waals surface area contributed by atoms with Gasteiger partial charge in [-0.15, -0.1) is 20.9 Å². The lowest BCUT2D eigenvalue weighted by Crippen LogP contribution is -3.22. The zero-order valence-corrected chi connectivity index (χ0v) is 15.1. The summed E-state index contributed by atoms with van der Waals surface area (Å²) >= 11 is 0. The van der Waals surface area contributed by atoms with Crippen molar-refractivity contribution in [1.82, 2.24) is 0 Å². The molecule has 2 aliphatic rings. The zero-order chi connectivity index (χ0) is 20.3. The lowest BCUT2D eigenvalue weighted by molar-refractivity contribution is -1.27. The van der Waals surface area contributed by atoms with Gasteiger partial charge in [0.15, 0.2) is 22.7 Å². The smallest absolute Gasteiger partial charge is 0.183 e. The topological polar surface area (TPSA) is 128 Å². The second kappa shape index (κ2) is 5.37. The minimum absolute atomic E-state index is 0.345. The SMILES string of the molecule is [O-][NH+]1O[NH+]([O-])c2ccc3c4ccc5c6c(ccc(c7ccc1c2c73)c64)[NH+]([O-])O[NH+]5[O-]. The third-order valence-corrected chi connectivity index (χ3v) is 6.15. The number of rotatable bonds is 0. The summed E-state index contributed by atoms with van der Waals surface area (Å²) in [6.45, 7) is 0. The fourth-order valence-corrected chi connectivity index (χ4v) is 4.96. The van der Waals surface area contributed by atoms with Crippen LogP contribution in [0.1, 0.15) is 0 Å². The maximum atomic E-state index is 12.3. The van der Waals surface area contributed by atoms with Gasteiger partial charge in [0.2, 0.25) is 0 Å². The average Bonchev–Trinajstić information content (AvgIpc) is 2.74. The fourth-order valence-electron chi connectivity index (χ4n) is 4.96. The van der Waals surface area contributed by atoms with Gasteiger partial charge >= 0.3 is 0 Å². The van der Waals surface area contributed by atoms with Gasteiger partial charge in [-0.05, 0) is 45.8 Å². The Bertz CT molecular complexity index is 1320. The first-order valence-electron chi connectivity index (χ1n) is 9.28. The molecule has 0 fully saturated rings. The van der Waals surface area contributed by atoms with E-state index in [4.69, 9.17) is 9.88 Å². The van der Waals surface area contributed by atoms with E-state index in [1.807, 2.05) is 24.3 Å². The predicted molar refractivity (Wildman–Crippen MR) is 106 cm³/mol. The first-order chi connectivity index (χ1) is 14.5. The van der Waals surface area contributed by atoms with Crippen molar-refractivity contribution >= 4 is 65.8 Å². The molecule has 10 nitrogen and oxygen atoms in total. The van der Waals surface area contributed by atoms with Gasteiger partial charge in [0, 0.05) is 44.9 Å². The maximum absolute atomic E-state index is 12.3. The molecule has 0 aliphatic carbocycles. The molecule has 0 spiro atoms. The summed E-state index contributed by atoms with van der Waals surface area (Å²) < 4.78 is 0. The maximum Gasteiger partial charge on any atom is 0.183 e. The highest BCUT2D eigenvalue weighted by Gasteiger charge is 2.32. The van der Waals surface area contributed by atoms with E-state index in [0.717, 1.165) is 32.3 Å². The number of quaternary nitrogens is 4. The normalized spacial score (nSPS) is 25.7. The van der Waals surface area contributed by atoms with E-state index in [1.165, 1.54) is 0 Å². The molecule has 10 heteroatoms. The molecule has 7 rings (SSSR count). The Labute approximate surface area is 166 Å². The molecular formula is C20H12N4O6. The van der Waals surface area contributed by atoms with Crippen molar-refractivity contribution in [1.29, 1.82) is 0 Å². The van der Waals surface area contributed by atoms with Crippen LogP contribution in [0.25, 0.3) is 43.1 Å². The molecule has 0 amide bonds. The molecule has 0 bridgehead atoms. The molecule has 30 heavy (non-hydrogen) atoms. The molecule has 0 saturated carbocycles. The molecule has 148 valence electrons. The molecule has 0 saturated heterocycles. The minimum atomic E-state index is -0.666. The Morgan fingerprint density at radius 1 is 0.400 bits per heavy atom. The van der Waals surface area contributed by atoms with Crippen LogP contribution in [0, 0.1) is 20.8 Å². The number of benzene rings is 5. The van der Waals surface area contributed by atoms with Crippen LogP contribution in [-0.4, -0.2) is 0 Å². The van der Waals surface area contributed by atoms with E-state index < -0.39 is 20.9 Å². The second-order valence-corrected chi connectivity index (χ2v) is 7.50. The second-order valence-electron chi connectivity index (χ2n) is 7.50. The van der Waals surface area contributed by atoms with Gasteiger partial charge in [-0.25, -0.2) is 0 Å². The van der Waals surface area contributed by atoms with E-state index >= 15 is 0 Å². The number of fused-ring (bicyclic) bond motifs is 2. The number of hydrogen-bond donors (Lipinski definition) is 4. The summed E-state index contributed by atoms with van der Waals surface area (Å²) in [5, 5.41) is 52.7. The van der Waals surface area contributed by atoms with Crippen LogP contribution in [0.3, 0.4) is 0 Å². The molecule has 4 N–H and O–H groups in total. The van der Waals surface area contributed by atoms with E-state index in [9.17, 15) is 20.8 Å². The highest BCUT2D eigenvalue weighted by Crippen LogP contribution is 2.46. The summed E-state index contributed by atoms with van der Waals surface area (Å²) in [5.41, 5.74) is 1.38. The van der Waals surface area contributed by atoms with Crippen LogP contribution in [0.2, 0.25) is 0 Å². The minimum Gasteiger partial charge on any atom is -0.590 e. The first-order valence-corrected chi connectivity index (χ1v) is 9.28. The largest absolute Gasteiger partial charge is 0.590 e. The van der Waals surface area contributed by atoms with Crippen LogP contribution in [0.15, 0.2) is 48.5 Å². The summed E-state index contributed by atoms with van der Waals surface area (Å²) in [6, 6.07) is 13.9. The lowest BCUT2D eigenvalue weighted by Gasteiger charge is -2.32. The molecule has 4 unspecified atom stereocenters. The fraction of sp³-hybridized carbons (Fsp3) is 0. The van der Waals surface area contributed by atoms with E-state index in [1.54, 1.807) is 24.3 Å².